The number of alkyl halides is 6. The Morgan fingerprint density at radius 1 is 0.868 bits per heavy atom. The number of halogens is 7. The molecule has 0 unspecified atom stereocenters. The summed E-state index contributed by atoms with van der Waals surface area (Å²) in [5, 5.41) is 1.68. The second-order valence-electron chi connectivity index (χ2n) is 7.56. The Kier molecular flexibility index (Phi) is 8.36. The van der Waals surface area contributed by atoms with Gasteiger partial charge in [-0.25, -0.2) is 8.42 Å². The first-order valence-electron chi connectivity index (χ1n) is 10.3. The van der Waals surface area contributed by atoms with Crippen molar-refractivity contribution in [3.05, 3.63) is 76.8 Å². The van der Waals surface area contributed by atoms with Crippen LogP contribution in [0.2, 0.25) is 5.02 Å². The van der Waals surface area contributed by atoms with E-state index >= 15 is 0 Å². The number of anilines is 2. The van der Waals surface area contributed by atoms with Gasteiger partial charge in [-0.2, -0.15) is 26.3 Å². The highest BCUT2D eigenvalue weighted by molar-refractivity contribution is 7.92. The van der Waals surface area contributed by atoms with E-state index in [2.05, 4.69) is 4.72 Å². The summed E-state index contributed by atoms with van der Waals surface area (Å²) in [5.74, 6) is -0.744. The van der Waals surface area contributed by atoms with Gasteiger partial charge in [-0.1, -0.05) is 11.6 Å². The highest BCUT2D eigenvalue weighted by atomic mass is 35.5. The van der Waals surface area contributed by atoms with Crippen LogP contribution >= 0.6 is 11.6 Å². The number of carbonyl (C=O) groups is 1. The predicted octanol–water partition coefficient (Wildman–Crippen LogP) is 6.20. The Bertz CT molecular complexity index is 1400. The largest absolute Gasteiger partial charge is 0.497 e. The maximum absolute atomic E-state index is 13.0. The third-order valence-electron chi connectivity index (χ3n) is 4.79. The first kappa shape index (κ1) is 28.9. The minimum absolute atomic E-state index is 0.0783. The normalized spacial score (nSPS) is 12.1. The van der Waals surface area contributed by atoms with E-state index < -0.39 is 51.7 Å². The fourth-order valence-corrected chi connectivity index (χ4v) is 4.39. The van der Waals surface area contributed by atoms with Crippen molar-refractivity contribution in [1.82, 2.24) is 0 Å². The van der Waals surface area contributed by atoms with Gasteiger partial charge in [-0.15, -0.1) is 0 Å². The van der Waals surface area contributed by atoms with Crippen molar-refractivity contribution < 1.29 is 49.0 Å². The predicted molar refractivity (Wildman–Crippen MR) is 126 cm³/mol. The van der Waals surface area contributed by atoms with Crippen molar-refractivity contribution in [2.75, 3.05) is 23.8 Å². The van der Waals surface area contributed by atoms with Crippen LogP contribution in [0.4, 0.5) is 37.7 Å². The maximum atomic E-state index is 13.0. The van der Waals surface area contributed by atoms with Crippen LogP contribution in [0.25, 0.3) is 0 Å². The molecule has 0 atom stereocenters. The van der Waals surface area contributed by atoms with E-state index in [1.807, 2.05) is 5.32 Å². The molecule has 0 aromatic heterocycles. The van der Waals surface area contributed by atoms with Gasteiger partial charge in [0.25, 0.3) is 15.9 Å². The Labute approximate surface area is 217 Å². The quantitative estimate of drug-likeness (QED) is 0.308. The molecule has 204 valence electrons. The minimum atomic E-state index is -5.09. The molecule has 0 aliphatic carbocycles. The molecule has 0 saturated carbocycles. The van der Waals surface area contributed by atoms with Gasteiger partial charge >= 0.3 is 12.4 Å². The molecule has 0 saturated heterocycles. The van der Waals surface area contributed by atoms with Gasteiger partial charge in [-0.3, -0.25) is 9.52 Å². The molecular weight excluding hydrogens is 566 g/mol. The lowest BCUT2D eigenvalue weighted by Gasteiger charge is -2.15. The highest BCUT2D eigenvalue weighted by Gasteiger charge is 2.37. The van der Waals surface area contributed by atoms with Crippen LogP contribution in [0.1, 0.15) is 11.1 Å². The average Bonchev–Trinajstić information content (AvgIpc) is 2.82. The number of hydrogen-bond donors (Lipinski definition) is 2. The molecule has 38 heavy (non-hydrogen) atoms. The van der Waals surface area contributed by atoms with Gasteiger partial charge in [-0.05, 0) is 60.7 Å². The van der Waals surface area contributed by atoms with E-state index in [9.17, 15) is 39.6 Å². The Hall–Kier alpha value is -3.65. The summed E-state index contributed by atoms with van der Waals surface area (Å²) in [5.41, 5.74) is -3.72. The second-order valence-corrected chi connectivity index (χ2v) is 9.65. The summed E-state index contributed by atoms with van der Waals surface area (Å²) in [6.45, 7) is -0.854. The summed E-state index contributed by atoms with van der Waals surface area (Å²) in [6.07, 6.45) is -10.2. The molecule has 0 fully saturated rings. The summed E-state index contributed by atoms with van der Waals surface area (Å²) < 4.78 is 116. The zero-order valence-corrected chi connectivity index (χ0v) is 20.6. The van der Waals surface area contributed by atoms with Crippen LogP contribution in [0.5, 0.6) is 11.5 Å². The molecule has 0 radical (unpaired) electrons. The minimum Gasteiger partial charge on any atom is -0.497 e. The number of amides is 1. The molecule has 0 heterocycles. The van der Waals surface area contributed by atoms with Crippen LogP contribution in [-0.4, -0.2) is 28.0 Å². The third kappa shape index (κ3) is 7.44. The summed E-state index contributed by atoms with van der Waals surface area (Å²) in [4.78, 5) is 11.9. The number of nitrogens with one attached hydrogen (secondary N) is 2. The number of rotatable bonds is 8. The summed E-state index contributed by atoms with van der Waals surface area (Å²) >= 11 is 6.05. The molecule has 3 aromatic rings. The molecule has 1 amide bonds. The van der Waals surface area contributed by atoms with Crippen molar-refractivity contribution in [3.8, 4) is 11.5 Å². The van der Waals surface area contributed by atoms with Crippen LogP contribution < -0.4 is 19.5 Å². The van der Waals surface area contributed by atoms with Crippen molar-refractivity contribution >= 4 is 38.9 Å². The van der Waals surface area contributed by atoms with Crippen LogP contribution in [0.15, 0.2) is 65.6 Å². The summed E-state index contributed by atoms with van der Waals surface area (Å²) in [7, 11) is -2.62. The van der Waals surface area contributed by atoms with Crippen molar-refractivity contribution in [2.45, 2.75) is 17.2 Å². The number of ether oxygens (including phenoxy) is 2. The lowest BCUT2D eigenvalue weighted by Crippen LogP contribution is -2.21. The fraction of sp³-hybridized carbons (Fsp3) is 0.174. The van der Waals surface area contributed by atoms with E-state index in [1.165, 1.54) is 31.4 Å². The average molecular weight is 583 g/mol. The maximum Gasteiger partial charge on any atom is 0.416 e. The Morgan fingerprint density at radius 3 is 1.95 bits per heavy atom. The fourth-order valence-electron chi connectivity index (χ4n) is 3.01. The highest BCUT2D eigenvalue weighted by Crippen LogP contribution is 2.37. The lowest BCUT2D eigenvalue weighted by atomic mass is 10.1. The van der Waals surface area contributed by atoms with Gasteiger partial charge in [0.1, 0.15) is 11.5 Å². The molecule has 3 aromatic carbocycles. The van der Waals surface area contributed by atoms with Gasteiger partial charge in [0.15, 0.2) is 6.61 Å². The van der Waals surface area contributed by atoms with Crippen molar-refractivity contribution in [2.24, 2.45) is 0 Å². The molecule has 0 spiro atoms. The zero-order valence-electron chi connectivity index (χ0n) is 19.1. The van der Waals surface area contributed by atoms with Crippen LogP contribution in [-0.2, 0) is 27.2 Å². The van der Waals surface area contributed by atoms with Crippen LogP contribution in [0.3, 0.4) is 0 Å². The van der Waals surface area contributed by atoms with Gasteiger partial charge in [0, 0.05) is 11.4 Å². The number of carbonyl (C=O) groups excluding carboxylic acids is 1. The van der Waals surface area contributed by atoms with E-state index in [4.69, 9.17) is 21.1 Å². The first-order chi connectivity index (χ1) is 17.6. The monoisotopic (exact) mass is 582 g/mol. The smallest absolute Gasteiger partial charge is 0.416 e. The molecule has 0 aliphatic rings. The summed E-state index contributed by atoms with van der Waals surface area (Å²) in [6, 6.07) is 9.90. The Balaban J connectivity index is 1.69. The van der Waals surface area contributed by atoms with E-state index in [0.717, 1.165) is 18.2 Å². The van der Waals surface area contributed by atoms with Gasteiger partial charge in [0.05, 0.1) is 28.2 Å². The molecule has 3 rings (SSSR count). The molecule has 2 N–H and O–H groups in total. The molecule has 0 aliphatic heterocycles. The van der Waals surface area contributed by atoms with Crippen molar-refractivity contribution in [1.29, 1.82) is 0 Å². The van der Waals surface area contributed by atoms with Gasteiger partial charge < -0.3 is 14.8 Å². The van der Waals surface area contributed by atoms with Crippen LogP contribution in [0, 0.1) is 0 Å². The zero-order chi connectivity index (χ0) is 28.3. The lowest BCUT2D eigenvalue weighted by molar-refractivity contribution is -0.143. The topological polar surface area (TPSA) is 93.7 Å². The molecular formula is C23H17ClF6N2O5S. The standard InChI is InChI=1S/C23H17ClF6N2O5S/c1-36-17-4-2-15(3-5-17)32-38(34,35)18-6-7-20(19(24)11-18)37-12-21(33)31-16-9-13(22(25,26)27)8-14(10-16)23(28,29)30/h2-11,32H,12H2,1H3,(H,31,33). The number of methoxy groups -OCH3 is 1. The second kappa shape index (κ2) is 11.0. The molecule has 0 bridgehead atoms. The number of sulfonamides is 1. The van der Waals surface area contributed by atoms with Crippen molar-refractivity contribution in [3.63, 3.8) is 0 Å². The number of hydrogen-bond acceptors (Lipinski definition) is 5. The SMILES string of the molecule is COc1ccc(NS(=O)(=O)c2ccc(OCC(=O)Nc3cc(C(F)(F)F)cc(C(F)(F)F)c3)c(Cl)c2)cc1. The van der Waals surface area contributed by atoms with E-state index in [-0.39, 0.29) is 27.4 Å². The number of benzene rings is 3. The Morgan fingerprint density at radius 2 is 1.45 bits per heavy atom. The first-order valence-corrected chi connectivity index (χ1v) is 12.1. The van der Waals surface area contributed by atoms with E-state index in [0.29, 0.717) is 17.9 Å². The third-order valence-corrected chi connectivity index (χ3v) is 6.46. The molecule has 7 nitrogen and oxygen atoms in total. The van der Waals surface area contributed by atoms with Gasteiger partial charge in [0.2, 0.25) is 0 Å². The van der Waals surface area contributed by atoms with E-state index in [1.54, 1.807) is 0 Å². The molecule has 15 heteroatoms.